The Labute approximate surface area is 127 Å². The molecule has 0 spiro atoms. The van der Waals surface area contributed by atoms with Gasteiger partial charge < -0.3 is 5.32 Å². The van der Waals surface area contributed by atoms with Crippen molar-refractivity contribution in [2.45, 2.75) is 46.1 Å². The molecule has 2 rings (SSSR count). The van der Waals surface area contributed by atoms with Crippen molar-refractivity contribution >= 4 is 17.3 Å². The van der Waals surface area contributed by atoms with E-state index in [0.717, 1.165) is 11.6 Å². The summed E-state index contributed by atoms with van der Waals surface area (Å²) >= 11 is 6.28. The van der Waals surface area contributed by atoms with E-state index in [1.807, 2.05) is 12.1 Å². The van der Waals surface area contributed by atoms with E-state index in [4.69, 9.17) is 16.9 Å². The smallest absolute Gasteiger partial charge is 0.0992 e. The van der Waals surface area contributed by atoms with Crippen LogP contribution in [0.4, 0.5) is 5.69 Å². The largest absolute Gasteiger partial charge is 0.381 e. The van der Waals surface area contributed by atoms with Crippen molar-refractivity contribution in [2.75, 3.05) is 5.32 Å². The summed E-state index contributed by atoms with van der Waals surface area (Å²) in [6.45, 7) is 6.93. The molecule has 108 valence electrons. The van der Waals surface area contributed by atoms with Crippen LogP contribution in [0.3, 0.4) is 0 Å². The van der Waals surface area contributed by atoms with E-state index in [0.29, 0.717) is 28.5 Å². The summed E-state index contributed by atoms with van der Waals surface area (Å²) in [6.07, 6.45) is 3.80. The third-order valence-corrected chi connectivity index (χ3v) is 4.77. The minimum Gasteiger partial charge on any atom is -0.381 e. The molecule has 1 N–H and O–H groups in total. The fraction of sp³-hybridized carbons (Fsp3) is 0.588. The second kappa shape index (κ2) is 6.50. The van der Waals surface area contributed by atoms with E-state index < -0.39 is 0 Å². The molecule has 3 atom stereocenters. The normalized spacial score (nSPS) is 26.3. The number of rotatable bonds is 3. The van der Waals surface area contributed by atoms with Gasteiger partial charge in [0, 0.05) is 6.04 Å². The highest BCUT2D eigenvalue weighted by molar-refractivity contribution is 6.33. The van der Waals surface area contributed by atoms with E-state index in [1.165, 1.54) is 19.3 Å². The van der Waals surface area contributed by atoms with Crippen LogP contribution in [0.1, 0.15) is 45.6 Å². The van der Waals surface area contributed by atoms with Gasteiger partial charge in [0.2, 0.25) is 0 Å². The van der Waals surface area contributed by atoms with Gasteiger partial charge in [-0.1, -0.05) is 38.8 Å². The Hall–Kier alpha value is -1.20. The minimum absolute atomic E-state index is 0.476. The maximum Gasteiger partial charge on any atom is 0.0992 e. The monoisotopic (exact) mass is 290 g/mol. The molecule has 1 saturated carbocycles. The molecule has 3 unspecified atom stereocenters. The predicted octanol–water partition coefficient (Wildman–Crippen LogP) is 5.08. The van der Waals surface area contributed by atoms with Gasteiger partial charge in [-0.3, -0.25) is 0 Å². The molecule has 0 aliphatic heterocycles. The van der Waals surface area contributed by atoms with Gasteiger partial charge >= 0.3 is 0 Å². The Bertz CT molecular complexity index is 504. The van der Waals surface area contributed by atoms with E-state index >= 15 is 0 Å². The molecule has 1 aromatic rings. The Morgan fingerprint density at radius 2 is 2.10 bits per heavy atom. The van der Waals surface area contributed by atoms with Gasteiger partial charge in [0.25, 0.3) is 0 Å². The van der Waals surface area contributed by atoms with Crippen molar-refractivity contribution in [3.63, 3.8) is 0 Å². The van der Waals surface area contributed by atoms with E-state index in [9.17, 15) is 0 Å². The first-order valence-electron chi connectivity index (χ1n) is 7.47. The van der Waals surface area contributed by atoms with Crippen LogP contribution in [-0.4, -0.2) is 6.04 Å². The highest BCUT2D eigenvalue weighted by atomic mass is 35.5. The zero-order chi connectivity index (χ0) is 14.7. The van der Waals surface area contributed by atoms with Crippen LogP contribution in [0.5, 0.6) is 0 Å². The molecule has 1 fully saturated rings. The third-order valence-electron chi connectivity index (χ3n) is 4.46. The topological polar surface area (TPSA) is 35.8 Å². The maximum absolute atomic E-state index is 8.89. The van der Waals surface area contributed by atoms with Crippen molar-refractivity contribution in [2.24, 2.45) is 17.8 Å². The number of halogens is 1. The summed E-state index contributed by atoms with van der Waals surface area (Å²) in [5, 5.41) is 13.2. The van der Waals surface area contributed by atoms with Crippen LogP contribution in [0, 0.1) is 29.1 Å². The van der Waals surface area contributed by atoms with Gasteiger partial charge in [-0.25, -0.2) is 0 Å². The molecule has 0 saturated heterocycles. The van der Waals surface area contributed by atoms with Crippen LogP contribution in [0.15, 0.2) is 18.2 Å². The summed E-state index contributed by atoms with van der Waals surface area (Å²) < 4.78 is 0. The van der Waals surface area contributed by atoms with Gasteiger partial charge in [-0.15, -0.1) is 0 Å². The zero-order valence-corrected chi connectivity index (χ0v) is 13.2. The summed E-state index contributed by atoms with van der Waals surface area (Å²) in [7, 11) is 0. The second-order valence-electron chi connectivity index (χ2n) is 6.38. The van der Waals surface area contributed by atoms with Crippen molar-refractivity contribution in [1.82, 2.24) is 0 Å². The first kappa shape index (κ1) is 15.2. The SMILES string of the molecule is CC1CCC(C(C)C)C(Nc2ccc(C#N)cc2Cl)C1. The number of hydrogen-bond donors (Lipinski definition) is 1. The fourth-order valence-corrected chi connectivity index (χ4v) is 3.50. The summed E-state index contributed by atoms with van der Waals surface area (Å²) in [4.78, 5) is 0. The summed E-state index contributed by atoms with van der Waals surface area (Å²) in [6, 6.07) is 8.09. The average molecular weight is 291 g/mol. The average Bonchev–Trinajstić information content (AvgIpc) is 2.40. The standard InChI is InChI=1S/C17H23ClN2/c1-11(2)14-6-4-12(3)8-17(14)20-16-7-5-13(10-19)9-15(16)18/h5,7,9,11-12,14,17,20H,4,6,8H2,1-3H3. The van der Waals surface area contributed by atoms with Crippen LogP contribution in [0.25, 0.3) is 0 Å². The molecule has 3 heteroatoms. The Balaban J connectivity index is 2.16. The number of nitrogens with zero attached hydrogens (tertiary/aromatic N) is 1. The minimum atomic E-state index is 0.476. The number of hydrogen-bond acceptors (Lipinski definition) is 2. The zero-order valence-electron chi connectivity index (χ0n) is 12.5. The number of anilines is 1. The van der Waals surface area contributed by atoms with Crippen LogP contribution < -0.4 is 5.32 Å². The first-order chi connectivity index (χ1) is 9.51. The van der Waals surface area contributed by atoms with Crippen LogP contribution >= 0.6 is 11.6 Å². The van der Waals surface area contributed by atoms with E-state index in [1.54, 1.807) is 6.07 Å². The van der Waals surface area contributed by atoms with Gasteiger partial charge in [-0.05, 0) is 48.8 Å². The number of benzene rings is 1. The van der Waals surface area contributed by atoms with Gasteiger partial charge in [0.15, 0.2) is 0 Å². The van der Waals surface area contributed by atoms with Gasteiger partial charge in [0.1, 0.15) is 0 Å². The number of nitrogens with one attached hydrogen (secondary N) is 1. The van der Waals surface area contributed by atoms with Gasteiger partial charge in [-0.2, -0.15) is 5.26 Å². The molecule has 1 aromatic carbocycles. The quantitative estimate of drug-likeness (QED) is 0.842. The van der Waals surface area contributed by atoms with Gasteiger partial charge in [0.05, 0.1) is 22.3 Å². The Morgan fingerprint density at radius 3 is 2.70 bits per heavy atom. The highest BCUT2D eigenvalue weighted by Gasteiger charge is 2.30. The molecule has 0 bridgehead atoms. The molecule has 1 aliphatic carbocycles. The van der Waals surface area contributed by atoms with Crippen molar-refractivity contribution in [1.29, 1.82) is 5.26 Å². The molecule has 0 aromatic heterocycles. The lowest BCUT2D eigenvalue weighted by molar-refractivity contribution is 0.212. The lowest BCUT2D eigenvalue weighted by Crippen LogP contribution is -2.37. The molecule has 0 heterocycles. The van der Waals surface area contributed by atoms with Crippen molar-refractivity contribution in [3.8, 4) is 6.07 Å². The molecular formula is C17H23ClN2. The van der Waals surface area contributed by atoms with Crippen LogP contribution in [-0.2, 0) is 0 Å². The van der Waals surface area contributed by atoms with Crippen molar-refractivity contribution in [3.05, 3.63) is 28.8 Å². The Morgan fingerprint density at radius 1 is 1.35 bits per heavy atom. The Kier molecular flexibility index (Phi) is 4.94. The second-order valence-corrected chi connectivity index (χ2v) is 6.79. The fourth-order valence-electron chi connectivity index (χ4n) is 3.27. The van der Waals surface area contributed by atoms with E-state index in [2.05, 4.69) is 32.2 Å². The van der Waals surface area contributed by atoms with E-state index in [-0.39, 0.29) is 0 Å². The molecule has 20 heavy (non-hydrogen) atoms. The molecule has 1 aliphatic rings. The van der Waals surface area contributed by atoms with Crippen molar-refractivity contribution < 1.29 is 0 Å². The lowest BCUT2D eigenvalue weighted by Gasteiger charge is -2.38. The highest BCUT2D eigenvalue weighted by Crippen LogP contribution is 2.36. The number of nitriles is 1. The molecule has 0 radical (unpaired) electrons. The van der Waals surface area contributed by atoms with Crippen LogP contribution in [0.2, 0.25) is 5.02 Å². The molecular weight excluding hydrogens is 268 g/mol. The summed E-state index contributed by atoms with van der Waals surface area (Å²) in [5.41, 5.74) is 1.56. The molecule has 2 nitrogen and oxygen atoms in total. The molecule has 0 amide bonds. The maximum atomic E-state index is 8.89. The summed E-state index contributed by atoms with van der Waals surface area (Å²) in [5.74, 6) is 2.13. The first-order valence-corrected chi connectivity index (χ1v) is 7.85. The lowest BCUT2D eigenvalue weighted by atomic mass is 9.74. The third kappa shape index (κ3) is 3.46. The predicted molar refractivity (Wildman–Crippen MR) is 84.9 cm³/mol.